The van der Waals surface area contributed by atoms with Crippen LogP contribution in [0.4, 0.5) is 11.4 Å². The van der Waals surface area contributed by atoms with Crippen molar-refractivity contribution in [3.8, 4) is 21.7 Å². The maximum Gasteiger partial charge on any atom is 0.124 e. The highest BCUT2D eigenvalue weighted by atomic mass is 32.1. The van der Waals surface area contributed by atoms with Gasteiger partial charge in [0, 0.05) is 33.0 Å². The van der Waals surface area contributed by atoms with E-state index in [-0.39, 0.29) is 5.41 Å². The van der Waals surface area contributed by atoms with Crippen molar-refractivity contribution in [3.63, 3.8) is 0 Å². The molecule has 0 unspecified atom stereocenters. The number of thiazole rings is 1. The SMILES string of the molecule is C=C/C(=C\C=C/C)N1c2ccccc2C(C)(C)c2cc(-c3ccc4[nH]c5c(ccc6nc(-c7ccccc7)sc65)c4c3)ccc21. The van der Waals surface area contributed by atoms with E-state index in [1.807, 2.05) is 19.1 Å². The average Bonchev–Trinajstić information content (AvgIpc) is 3.68. The summed E-state index contributed by atoms with van der Waals surface area (Å²) in [4.78, 5) is 11.0. The predicted molar refractivity (Wildman–Crippen MR) is 194 cm³/mol. The molecule has 2 aromatic heterocycles. The van der Waals surface area contributed by atoms with Gasteiger partial charge in [-0.1, -0.05) is 93.2 Å². The number of benzene rings is 5. The highest BCUT2D eigenvalue weighted by Crippen LogP contribution is 2.51. The number of H-pyrrole nitrogens is 1. The molecule has 4 heteroatoms. The molecule has 5 aromatic carbocycles. The number of nitrogens with zero attached hydrogens (tertiary/aromatic N) is 2. The number of nitrogens with one attached hydrogen (secondary N) is 1. The molecule has 0 saturated heterocycles. The molecule has 3 heterocycles. The second kappa shape index (κ2) is 10.5. The first-order chi connectivity index (χ1) is 22.0. The fraction of sp³-hybridized carbons (Fsp3) is 0.0976. The number of para-hydroxylation sites is 1. The van der Waals surface area contributed by atoms with Crippen LogP contribution in [0.25, 0.3) is 53.7 Å². The maximum absolute atomic E-state index is 4.96. The number of allylic oxidation sites excluding steroid dienone is 4. The Bertz CT molecular complexity index is 2330. The summed E-state index contributed by atoms with van der Waals surface area (Å²) in [5.41, 5.74) is 12.7. The fourth-order valence-electron chi connectivity index (χ4n) is 6.83. The molecule has 1 aliphatic heterocycles. The molecule has 0 radical (unpaired) electrons. The van der Waals surface area contributed by atoms with Gasteiger partial charge in [-0.3, -0.25) is 0 Å². The summed E-state index contributed by atoms with van der Waals surface area (Å²) in [6, 6.07) is 37.3. The average molecular weight is 600 g/mol. The van der Waals surface area contributed by atoms with E-state index in [0.717, 1.165) is 32.8 Å². The van der Waals surface area contributed by atoms with Crippen LogP contribution in [-0.4, -0.2) is 9.97 Å². The molecule has 7 aromatic rings. The zero-order chi connectivity index (χ0) is 30.7. The summed E-state index contributed by atoms with van der Waals surface area (Å²) in [5.74, 6) is 0. The van der Waals surface area contributed by atoms with Crippen LogP contribution in [0, 0.1) is 0 Å². The van der Waals surface area contributed by atoms with Crippen molar-refractivity contribution in [2.24, 2.45) is 0 Å². The van der Waals surface area contributed by atoms with E-state index in [1.165, 1.54) is 49.1 Å². The zero-order valence-electron chi connectivity index (χ0n) is 25.6. The van der Waals surface area contributed by atoms with Crippen LogP contribution in [0.2, 0.25) is 0 Å². The molecular weight excluding hydrogens is 567 g/mol. The highest BCUT2D eigenvalue weighted by Gasteiger charge is 2.37. The first kappa shape index (κ1) is 27.4. The number of aromatic nitrogens is 2. The molecule has 0 bridgehead atoms. The lowest BCUT2D eigenvalue weighted by Crippen LogP contribution is -2.32. The Kier molecular flexibility index (Phi) is 6.36. The maximum atomic E-state index is 4.96. The van der Waals surface area contributed by atoms with Crippen LogP contribution >= 0.6 is 11.3 Å². The molecule has 1 N–H and O–H groups in total. The van der Waals surface area contributed by atoms with Crippen molar-refractivity contribution in [1.29, 1.82) is 0 Å². The number of rotatable bonds is 5. The van der Waals surface area contributed by atoms with E-state index < -0.39 is 0 Å². The van der Waals surface area contributed by atoms with Crippen LogP contribution < -0.4 is 4.90 Å². The van der Waals surface area contributed by atoms with Gasteiger partial charge in [0.05, 0.1) is 27.1 Å². The van der Waals surface area contributed by atoms with Crippen LogP contribution in [0.15, 0.2) is 140 Å². The van der Waals surface area contributed by atoms with Gasteiger partial charge in [0.25, 0.3) is 0 Å². The highest BCUT2D eigenvalue weighted by molar-refractivity contribution is 7.22. The van der Waals surface area contributed by atoms with Gasteiger partial charge >= 0.3 is 0 Å². The third-order valence-corrected chi connectivity index (χ3v) is 10.3. The molecular formula is C41H33N3S. The van der Waals surface area contributed by atoms with Gasteiger partial charge in [0.1, 0.15) is 5.01 Å². The van der Waals surface area contributed by atoms with Crippen molar-refractivity contribution in [3.05, 3.63) is 151 Å². The first-order valence-electron chi connectivity index (χ1n) is 15.4. The number of aromatic amines is 1. The van der Waals surface area contributed by atoms with Gasteiger partial charge in [-0.2, -0.15) is 0 Å². The second-order valence-corrected chi connectivity index (χ2v) is 13.1. The molecule has 218 valence electrons. The monoisotopic (exact) mass is 599 g/mol. The Morgan fingerprint density at radius 2 is 1.56 bits per heavy atom. The van der Waals surface area contributed by atoms with E-state index in [9.17, 15) is 0 Å². The minimum absolute atomic E-state index is 0.176. The normalized spacial score (nSPS) is 14.4. The van der Waals surface area contributed by atoms with Crippen molar-refractivity contribution in [2.45, 2.75) is 26.2 Å². The summed E-state index contributed by atoms with van der Waals surface area (Å²) < 4.78 is 1.20. The van der Waals surface area contributed by atoms with Gasteiger partial charge < -0.3 is 9.88 Å². The van der Waals surface area contributed by atoms with E-state index in [4.69, 9.17) is 4.98 Å². The van der Waals surface area contributed by atoms with Gasteiger partial charge in [0.2, 0.25) is 0 Å². The lowest BCUT2D eigenvalue weighted by molar-refractivity contribution is 0.630. The van der Waals surface area contributed by atoms with Gasteiger partial charge in [0.15, 0.2) is 0 Å². The third kappa shape index (κ3) is 4.28. The summed E-state index contributed by atoms with van der Waals surface area (Å²) in [5, 5.41) is 3.50. The standard InChI is InChI=1S/C41H33N3S/c1-5-7-15-29(6-2)44-36-17-12-11-16-32(36)41(3,4)33-25-28(19-23-37(33)44)27-18-21-34-31(24-27)30-20-22-35-39(38(30)42-34)45-40(43-35)26-13-9-8-10-14-26/h5-25,42H,2H2,1,3-4H3/b7-5-,29-15+. The Labute approximate surface area is 267 Å². The van der Waals surface area contributed by atoms with Crippen molar-refractivity contribution < 1.29 is 0 Å². The predicted octanol–water partition coefficient (Wildman–Crippen LogP) is 11.7. The molecule has 0 saturated carbocycles. The fourth-order valence-corrected chi connectivity index (χ4v) is 7.90. The molecule has 0 fully saturated rings. The minimum atomic E-state index is -0.176. The van der Waals surface area contributed by atoms with Crippen molar-refractivity contribution >= 4 is 54.7 Å². The Morgan fingerprint density at radius 3 is 2.38 bits per heavy atom. The van der Waals surface area contributed by atoms with E-state index in [1.54, 1.807) is 11.3 Å². The summed E-state index contributed by atoms with van der Waals surface area (Å²) >= 11 is 1.75. The van der Waals surface area contributed by atoms with Crippen molar-refractivity contribution in [1.82, 2.24) is 9.97 Å². The Morgan fingerprint density at radius 1 is 0.800 bits per heavy atom. The molecule has 45 heavy (non-hydrogen) atoms. The zero-order valence-corrected chi connectivity index (χ0v) is 26.5. The summed E-state index contributed by atoms with van der Waals surface area (Å²) in [7, 11) is 0. The van der Waals surface area contributed by atoms with Crippen LogP contribution in [0.1, 0.15) is 31.9 Å². The largest absolute Gasteiger partial charge is 0.353 e. The lowest BCUT2D eigenvalue weighted by atomic mass is 9.73. The molecule has 3 nitrogen and oxygen atoms in total. The topological polar surface area (TPSA) is 31.9 Å². The van der Waals surface area contributed by atoms with Crippen molar-refractivity contribution in [2.75, 3.05) is 4.90 Å². The Balaban J connectivity index is 1.27. The van der Waals surface area contributed by atoms with E-state index in [0.29, 0.717) is 0 Å². The Hall–Kier alpha value is -5.19. The third-order valence-electron chi connectivity index (χ3n) is 9.14. The quantitative estimate of drug-likeness (QED) is 0.200. The first-order valence-corrected chi connectivity index (χ1v) is 16.2. The lowest BCUT2D eigenvalue weighted by Gasteiger charge is -2.42. The van der Waals surface area contributed by atoms with Gasteiger partial charge in [-0.15, -0.1) is 11.3 Å². The molecule has 0 atom stereocenters. The molecule has 0 spiro atoms. The number of hydrogen-bond acceptors (Lipinski definition) is 3. The molecule has 8 rings (SSSR count). The van der Waals surface area contributed by atoms with E-state index >= 15 is 0 Å². The summed E-state index contributed by atoms with van der Waals surface area (Å²) in [6.07, 6.45) is 8.21. The molecule has 0 amide bonds. The second-order valence-electron chi connectivity index (χ2n) is 12.1. The van der Waals surface area contributed by atoms with Crippen LogP contribution in [0.5, 0.6) is 0 Å². The van der Waals surface area contributed by atoms with Gasteiger partial charge in [-0.05, 0) is 83.8 Å². The van der Waals surface area contributed by atoms with E-state index in [2.05, 4.69) is 146 Å². The molecule has 1 aliphatic rings. The number of fused-ring (bicyclic) bond motifs is 7. The molecule has 0 aliphatic carbocycles. The summed E-state index contributed by atoms with van der Waals surface area (Å²) in [6.45, 7) is 10.9. The van der Waals surface area contributed by atoms with Crippen LogP contribution in [-0.2, 0) is 5.41 Å². The minimum Gasteiger partial charge on any atom is -0.353 e. The van der Waals surface area contributed by atoms with Gasteiger partial charge in [-0.25, -0.2) is 4.98 Å². The number of hydrogen-bond donors (Lipinski definition) is 1. The van der Waals surface area contributed by atoms with Crippen LogP contribution in [0.3, 0.4) is 0 Å². The number of anilines is 2. The smallest absolute Gasteiger partial charge is 0.124 e.